The molecule has 0 saturated carbocycles. The van der Waals surface area contributed by atoms with E-state index in [0.29, 0.717) is 24.6 Å². The van der Waals surface area contributed by atoms with Gasteiger partial charge in [0.2, 0.25) is 0 Å². The Balaban J connectivity index is 1.62. The van der Waals surface area contributed by atoms with E-state index in [1.165, 1.54) is 11.3 Å². The van der Waals surface area contributed by atoms with Gasteiger partial charge in [-0.05, 0) is 36.8 Å². The van der Waals surface area contributed by atoms with Gasteiger partial charge in [-0.3, -0.25) is 4.79 Å². The highest BCUT2D eigenvalue weighted by atomic mass is 35.5. The van der Waals surface area contributed by atoms with Gasteiger partial charge in [-0.15, -0.1) is 11.6 Å². The molecule has 116 valence electrons. The van der Waals surface area contributed by atoms with E-state index in [1.807, 2.05) is 4.90 Å². The van der Waals surface area contributed by atoms with Gasteiger partial charge < -0.3 is 14.2 Å². The fourth-order valence-corrected chi connectivity index (χ4v) is 2.86. The Kier molecular flexibility index (Phi) is 4.39. The summed E-state index contributed by atoms with van der Waals surface area (Å²) in [7, 11) is 0. The third-order valence-electron chi connectivity index (χ3n) is 3.94. The Morgan fingerprint density at radius 1 is 1.18 bits per heavy atom. The zero-order chi connectivity index (χ0) is 15.5. The molecule has 4 nitrogen and oxygen atoms in total. The largest absolute Gasteiger partial charge is 0.455 e. The van der Waals surface area contributed by atoms with Crippen LogP contribution < -0.4 is 4.90 Å². The van der Waals surface area contributed by atoms with Crippen LogP contribution in [0.5, 0.6) is 0 Å². The van der Waals surface area contributed by atoms with Gasteiger partial charge in [-0.25, -0.2) is 0 Å². The summed E-state index contributed by atoms with van der Waals surface area (Å²) in [6.07, 6.45) is 0. The molecular formula is C17H19ClN2O2. The quantitative estimate of drug-likeness (QED) is 0.815. The highest BCUT2D eigenvalue weighted by Crippen LogP contribution is 2.19. The van der Waals surface area contributed by atoms with Crippen LogP contribution in [-0.2, 0) is 5.88 Å². The van der Waals surface area contributed by atoms with Crippen LogP contribution in [0.4, 0.5) is 5.69 Å². The lowest BCUT2D eigenvalue weighted by molar-refractivity contribution is 0.0713. The predicted molar refractivity (Wildman–Crippen MR) is 87.6 cm³/mol. The second kappa shape index (κ2) is 6.44. The second-order valence-electron chi connectivity index (χ2n) is 5.52. The molecule has 1 aromatic carbocycles. The first-order valence-electron chi connectivity index (χ1n) is 7.43. The first-order valence-corrected chi connectivity index (χ1v) is 7.96. The maximum Gasteiger partial charge on any atom is 0.289 e. The number of hydrogen-bond donors (Lipinski definition) is 0. The van der Waals surface area contributed by atoms with Gasteiger partial charge in [0.25, 0.3) is 5.91 Å². The number of anilines is 1. The number of halogens is 1. The van der Waals surface area contributed by atoms with Crippen molar-refractivity contribution in [3.8, 4) is 0 Å². The Labute approximate surface area is 135 Å². The van der Waals surface area contributed by atoms with Gasteiger partial charge in [-0.2, -0.15) is 0 Å². The van der Waals surface area contributed by atoms with Crippen molar-refractivity contribution in [3.05, 3.63) is 53.5 Å². The fraction of sp³-hybridized carbons (Fsp3) is 0.353. The molecule has 1 aliphatic rings. The molecule has 0 bridgehead atoms. The van der Waals surface area contributed by atoms with Crippen molar-refractivity contribution < 1.29 is 9.21 Å². The van der Waals surface area contributed by atoms with E-state index >= 15 is 0 Å². The van der Waals surface area contributed by atoms with Crippen molar-refractivity contribution in [2.24, 2.45) is 0 Å². The Bertz CT molecular complexity index is 660. The summed E-state index contributed by atoms with van der Waals surface area (Å²) in [6, 6.07) is 11.9. The van der Waals surface area contributed by atoms with E-state index in [0.717, 1.165) is 13.1 Å². The smallest absolute Gasteiger partial charge is 0.289 e. The van der Waals surface area contributed by atoms with Crippen LogP contribution in [0.3, 0.4) is 0 Å². The van der Waals surface area contributed by atoms with Gasteiger partial charge in [0.05, 0.1) is 5.88 Å². The average molecular weight is 319 g/mol. The maximum atomic E-state index is 12.4. The van der Waals surface area contributed by atoms with Crippen LogP contribution in [0, 0.1) is 6.92 Å². The number of furan rings is 1. The average Bonchev–Trinajstić information content (AvgIpc) is 3.03. The molecule has 0 radical (unpaired) electrons. The molecule has 0 spiro atoms. The van der Waals surface area contributed by atoms with E-state index in [2.05, 4.69) is 36.1 Å². The second-order valence-corrected chi connectivity index (χ2v) is 5.79. The van der Waals surface area contributed by atoms with Crippen LogP contribution in [0.1, 0.15) is 21.9 Å². The van der Waals surface area contributed by atoms with Crippen molar-refractivity contribution in [1.82, 2.24) is 4.90 Å². The molecule has 0 atom stereocenters. The minimum atomic E-state index is -0.0553. The number of aryl methyl sites for hydroxylation is 1. The summed E-state index contributed by atoms with van der Waals surface area (Å²) in [5, 5.41) is 0. The van der Waals surface area contributed by atoms with Crippen LogP contribution >= 0.6 is 11.6 Å². The number of nitrogens with zero attached hydrogens (tertiary/aromatic N) is 2. The van der Waals surface area contributed by atoms with E-state index in [1.54, 1.807) is 12.1 Å². The number of piperazine rings is 1. The minimum Gasteiger partial charge on any atom is -0.455 e. The first kappa shape index (κ1) is 15.0. The molecule has 1 aromatic heterocycles. The van der Waals surface area contributed by atoms with Crippen molar-refractivity contribution in [2.45, 2.75) is 12.8 Å². The standard InChI is InChI=1S/C17H19ClN2O2/c1-13-3-2-4-14(11-13)19-7-9-20(10-8-19)17(21)16-6-5-15(12-18)22-16/h2-6,11H,7-10,12H2,1H3. The zero-order valence-corrected chi connectivity index (χ0v) is 13.3. The van der Waals surface area contributed by atoms with Crippen molar-refractivity contribution in [2.75, 3.05) is 31.1 Å². The molecule has 0 N–H and O–H groups in total. The summed E-state index contributed by atoms with van der Waals surface area (Å²) in [4.78, 5) is 16.5. The fourth-order valence-electron chi connectivity index (χ4n) is 2.71. The molecule has 2 aromatic rings. The summed E-state index contributed by atoms with van der Waals surface area (Å²) in [5.41, 5.74) is 2.47. The van der Waals surface area contributed by atoms with Crippen LogP contribution in [0.25, 0.3) is 0 Å². The van der Waals surface area contributed by atoms with Gasteiger partial charge in [0.15, 0.2) is 5.76 Å². The summed E-state index contributed by atoms with van der Waals surface area (Å²) < 4.78 is 5.44. The topological polar surface area (TPSA) is 36.7 Å². The number of carbonyl (C=O) groups is 1. The third-order valence-corrected chi connectivity index (χ3v) is 4.20. The lowest BCUT2D eigenvalue weighted by Gasteiger charge is -2.35. The molecule has 1 saturated heterocycles. The number of rotatable bonds is 3. The number of benzene rings is 1. The molecule has 1 aliphatic heterocycles. The zero-order valence-electron chi connectivity index (χ0n) is 12.6. The van der Waals surface area contributed by atoms with Crippen LogP contribution in [0.15, 0.2) is 40.8 Å². The van der Waals surface area contributed by atoms with Gasteiger partial charge >= 0.3 is 0 Å². The minimum absolute atomic E-state index is 0.0553. The number of amides is 1. The molecule has 1 fully saturated rings. The number of carbonyl (C=O) groups excluding carboxylic acids is 1. The molecule has 1 amide bonds. The van der Waals surface area contributed by atoms with Gasteiger partial charge in [0.1, 0.15) is 5.76 Å². The molecule has 2 heterocycles. The van der Waals surface area contributed by atoms with E-state index in [-0.39, 0.29) is 11.8 Å². The number of hydrogen-bond acceptors (Lipinski definition) is 3. The summed E-state index contributed by atoms with van der Waals surface area (Å²) in [6.45, 7) is 5.15. The van der Waals surface area contributed by atoms with Crippen LogP contribution in [-0.4, -0.2) is 37.0 Å². The third kappa shape index (κ3) is 3.12. The molecule has 22 heavy (non-hydrogen) atoms. The lowest BCUT2D eigenvalue weighted by Crippen LogP contribution is -2.48. The van der Waals surface area contributed by atoms with Gasteiger partial charge in [-0.1, -0.05) is 12.1 Å². The SMILES string of the molecule is Cc1cccc(N2CCN(C(=O)c3ccc(CCl)o3)CC2)c1. The molecular weight excluding hydrogens is 300 g/mol. The molecule has 0 unspecified atom stereocenters. The Hall–Kier alpha value is -1.94. The van der Waals surface area contributed by atoms with Crippen LogP contribution in [0.2, 0.25) is 0 Å². The lowest BCUT2D eigenvalue weighted by atomic mass is 10.2. The van der Waals surface area contributed by atoms with Crippen molar-refractivity contribution >= 4 is 23.2 Å². The van der Waals surface area contributed by atoms with Crippen molar-refractivity contribution in [1.29, 1.82) is 0 Å². The van der Waals surface area contributed by atoms with E-state index in [9.17, 15) is 4.79 Å². The van der Waals surface area contributed by atoms with Crippen molar-refractivity contribution in [3.63, 3.8) is 0 Å². The highest BCUT2D eigenvalue weighted by molar-refractivity contribution is 6.16. The van der Waals surface area contributed by atoms with Gasteiger partial charge in [0, 0.05) is 31.9 Å². The predicted octanol–water partition coefficient (Wildman–Crippen LogP) is 3.29. The van der Waals surface area contributed by atoms with E-state index < -0.39 is 0 Å². The Morgan fingerprint density at radius 3 is 2.59 bits per heavy atom. The first-order chi connectivity index (χ1) is 10.7. The summed E-state index contributed by atoms with van der Waals surface area (Å²) >= 11 is 5.71. The highest BCUT2D eigenvalue weighted by Gasteiger charge is 2.24. The molecule has 5 heteroatoms. The van der Waals surface area contributed by atoms with E-state index in [4.69, 9.17) is 16.0 Å². The normalized spacial score (nSPS) is 15.2. The summed E-state index contributed by atoms with van der Waals surface area (Å²) in [5.74, 6) is 1.23. The number of alkyl halides is 1. The molecule has 3 rings (SSSR count). The Morgan fingerprint density at radius 2 is 1.95 bits per heavy atom. The monoisotopic (exact) mass is 318 g/mol. The maximum absolute atomic E-state index is 12.4. The molecule has 0 aliphatic carbocycles.